The summed E-state index contributed by atoms with van der Waals surface area (Å²) in [6.45, 7) is 6.04. The molecule has 0 unspecified atom stereocenters. The molecule has 0 spiro atoms. The van der Waals surface area contributed by atoms with Crippen molar-refractivity contribution in [2.24, 2.45) is 0 Å². The number of nitrogens with zero attached hydrogens (tertiary/aromatic N) is 1. The molecule has 1 saturated heterocycles. The van der Waals surface area contributed by atoms with Gasteiger partial charge < -0.3 is 10.2 Å². The van der Waals surface area contributed by atoms with Crippen molar-refractivity contribution in [1.82, 2.24) is 10.2 Å². The lowest BCUT2D eigenvalue weighted by atomic mass is 10.0. The molecule has 1 aliphatic heterocycles. The minimum absolute atomic E-state index is 0.0173. The molecule has 1 aliphatic rings. The summed E-state index contributed by atoms with van der Waals surface area (Å²) in [5.41, 5.74) is 2.54. The summed E-state index contributed by atoms with van der Waals surface area (Å²) >= 11 is 0. The van der Waals surface area contributed by atoms with Gasteiger partial charge >= 0.3 is 0 Å². The Morgan fingerprint density at radius 1 is 1.30 bits per heavy atom. The second-order valence-corrected chi connectivity index (χ2v) is 6.09. The van der Waals surface area contributed by atoms with Crippen molar-refractivity contribution in [3.63, 3.8) is 0 Å². The van der Waals surface area contributed by atoms with Gasteiger partial charge in [0, 0.05) is 13.6 Å². The number of nitrogens with one attached hydrogen (secondary N) is 1. The molecule has 3 nitrogen and oxygen atoms in total. The number of hydrogen-bond donors (Lipinski definition) is 1. The van der Waals surface area contributed by atoms with Crippen LogP contribution >= 0.6 is 0 Å². The molecule has 0 aliphatic carbocycles. The molecule has 1 heterocycles. The summed E-state index contributed by atoms with van der Waals surface area (Å²) in [7, 11) is 1.90. The SMILES string of the molecule is CC(C)c1ccc(CN(C)C(=O)[C@@H]2CCCCN2)cc1. The molecule has 0 radical (unpaired) electrons. The van der Waals surface area contributed by atoms with Crippen LogP contribution < -0.4 is 5.32 Å². The molecule has 20 heavy (non-hydrogen) atoms. The zero-order chi connectivity index (χ0) is 14.5. The highest BCUT2D eigenvalue weighted by Gasteiger charge is 2.23. The van der Waals surface area contributed by atoms with Gasteiger partial charge in [-0.15, -0.1) is 0 Å². The van der Waals surface area contributed by atoms with Gasteiger partial charge in [-0.3, -0.25) is 4.79 Å². The van der Waals surface area contributed by atoms with Gasteiger partial charge in [0.15, 0.2) is 0 Å². The summed E-state index contributed by atoms with van der Waals surface area (Å²) in [6.07, 6.45) is 3.31. The Labute approximate surface area is 122 Å². The maximum atomic E-state index is 12.3. The Balaban J connectivity index is 1.92. The van der Waals surface area contributed by atoms with Crippen molar-refractivity contribution in [2.75, 3.05) is 13.6 Å². The maximum absolute atomic E-state index is 12.3. The first-order valence-corrected chi connectivity index (χ1v) is 7.65. The zero-order valence-electron chi connectivity index (χ0n) is 12.9. The van der Waals surface area contributed by atoms with Gasteiger partial charge in [-0.05, 0) is 36.4 Å². The van der Waals surface area contributed by atoms with Crippen molar-refractivity contribution >= 4 is 5.91 Å². The van der Waals surface area contributed by atoms with Gasteiger partial charge in [0.2, 0.25) is 5.91 Å². The number of carbonyl (C=O) groups excluding carboxylic acids is 1. The average Bonchev–Trinajstić information content (AvgIpc) is 2.48. The van der Waals surface area contributed by atoms with Crippen LogP contribution in [-0.4, -0.2) is 30.4 Å². The van der Waals surface area contributed by atoms with E-state index < -0.39 is 0 Å². The largest absolute Gasteiger partial charge is 0.340 e. The molecule has 0 saturated carbocycles. The Morgan fingerprint density at radius 3 is 2.55 bits per heavy atom. The van der Waals surface area contributed by atoms with E-state index in [1.807, 2.05) is 11.9 Å². The number of benzene rings is 1. The monoisotopic (exact) mass is 274 g/mol. The van der Waals surface area contributed by atoms with E-state index in [1.165, 1.54) is 17.5 Å². The van der Waals surface area contributed by atoms with Crippen LogP contribution in [0.1, 0.15) is 50.2 Å². The van der Waals surface area contributed by atoms with Crippen molar-refractivity contribution in [1.29, 1.82) is 0 Å². The van der Waals surface area contributed by atoms with E-state index >= 15 is 0 Å². The fourth-order valence-electron chi connectivity index (χ4n) is 2.69. The Morgan fingerprint density at radius 2 is 2.00 bits per heavy atom. The molecule has 1 aromatic carbocycles. The fraction of sp³-hybridized carbons (Fsp3) is 0.588. The highest BCUT2D eigenvalue weighted by atomic mass is 16.2. The lowest BCUT2D eigenvalue weighted by Gasteiger charge is -2.27. The lowest BCUT2D eigenvalue weighted by molar-refractivity contribution is -0.133. The summed E-state index contributed by atoms with van der Waals surface area (Å²) in [5.74, 6) is 0.771. The van der Waals surface area contributed by atoms with Crippen LogP contribution in [-0.2, 0) is 11.3 Å². The van der Waals surface area contributed by atoms with Gasteiger partial charge in [-0.25, -0.2) is 0 Å². The minimum Gasteiger partial charge on any atom is -0.340 e. The van der Waals surface area contributed by atoms with Crippen molar-refractivity contribution in [3.8, 4) is 0 Å². The van der Waals surface area contributed by atoms with E-state index in [9.17, 15) is 4.79 Å². The molecule has 2 rings (SSSR count). The molecule has 1 fully saturated rings. The Kier molecular flexibility index (Phi) is 5.18. The number of hydrogen-bond acceptors (Lipinski definition) is 2. The summed E-state index contributed by atoms with van der Waals surface area (Å²) < 4.78 is 0. The summed E-state index contributed by atoms with van der Waals surface area (Å²) in [4.78, 5) is 14.2. The topological polar surface area (TPSA) is 32.3 Å². The van der Waals surface area contributed by atoms with Crippen LogP contribution in [0, 0.1) is 0 Å². The second-order valence-electron chi connectivity index (χ2n) is 6.09. The van der Waals surface area contributed by atoms with Gasteiger partial charge in [0.1, 0.15) is 0 Å². The number of piperidine rings is 1. The van der Waals surface area contributed by atoms with Crippen LogP contribution in [0.2, 0.25) is 0 Å². The van der Waals surface area contributed by atoms with Crippen LogP contribution in [0.25, 0.3) is 0 Å². The van der Waals surface area contributed by atoms with E-state index in [-0.39, 0.29) is 11.9 Å². The average molecular weight is 274 g/mol. The predicted molar refractivity (Wildman–Crippen MR) is 82.6 cm³/mol. The number of likely N-dealkylation sites (N-methyl/N-ethyl adjacent to an activating group) is 1. The fourth-order valence-corrected chi connectivity index (χ4v) is 2.69. The van der Waals surface area contributed by atoms with Gasteiger partial charge in [0.05, 0.1) is 6.04 Å². The zero-order valence-corrected chi connectivity index (χ0v) is 12.9. The third-order valence-corrected chi connectivity index (χ3v) is 4.05. The van der Waals surface area contributed by atoms with E-state index in [0.717, 1.165) is 19.4 Å². The van der Waals surface area contributed by atoms with Gasteiger partial charge in [0.25, 0.3) is 0 Å². The molecular weight excluding hydrogens is 248 g/mol. The number of amides is 1. The van der Waals surface area contributed by atoms with Crippen molar-refractivity contribution in [3.05, 3.63) is 35.4 Å². The first-order valence-electron chi connectivity index (χ1n) is 7.65. The molecule has 0 bridgehead atoms. The van der Waals surface area contributed by atoms with E-state index in [0.29, 0.717) is 12.5 Å². The minimum atomic E-state index is 0.0173. The Hall–Kier alpha value is -1.35. The van der Waals surface area contributed by atoms with E-state index in [2.05, 4.69) is 43.4 Å². The smallest absolute Gasteiger partial charge is 0.239 e. The quantitative estimate of drug-likeness (QED) is 0.915. The molecule has 1 amide bonds. The van der Waals surface area contributed by atoms with E-state index in [4.69, 9.17) is 0 Å². The van der Waals surface area contributed by atoms with Gasteiger partial charge in [-0.2, -0.15) is 0 Å². The molecule has 1 aromatic rings. The van der Waals surface area contributed by atoms with Crippen LogP contribution in [0.5, 0.6) is 0 Å². The third kappa shape index (κ3) is 3.83. The molecule has 110 valence electrons. The summed E-state index contributed by atoms with van der Waals surface area (Å²) in [5, 5.41) is 3.32. The first-order chi connectivity index (χ1) is 9.58. The van der Waals surface area contributed by atoms with Crippen molar-refractivity contribution in [2.45, 2.75) is 51.6 Å². The highest BCUT2D eigenvalue weighted by Crippen LogP contribution is 2.16. The molecule has 1 N–H and O–H groups in total. The van der Waals surface area contributed by atoms with Gasteiger partial charge in [-0.1, -0.05) is 44.5 Å². The summed E-state index contributed by atoms with van der Waals surface area (Å²) in [6, 6.07) is 8.61. The second kappa shape index (κ2) is 6.89. The molecular formula is C17H26N2O. The molecule has 1 atom stereocenters. The predicted octanol–water partition coefficient (Wildman–Crippen LogP) is 2.91. The standard InChI is InChI=1S/C17H26N2O/c1-13(2)15-9-7-14(8-10-15)12-19(3)17(20)16-6-4-5-11-18-16/h7-10,13,16,18H,4-6,11-12H2,1-3H3/t16-/m0/s1. The Bertz CT molecular complexity index is 433. The normalized spacial score (nSPS) is 19.1. The van der Waals surface area contributed by atoms with E-state index in [1.54, 1.807) is 0 Å². The van der Waals surface area contributed by atoms with Crippen LogP contribution in [0.15, 0.2) is 24.3 Å². The number of carbonyl (C=O) groups is 1. The number of rotatable bonds is 4. The maximum Gasteiger partial charge on any atom is 0.239 e. The van der Waals surface area contributed by atoms with Crippen LogP contribution in [0.4, 0.5) is 0 Å². The first kappa shape index (κ1) is 15.0. The van der Waals surface area contributed by atoms with Crippen LogP contribution in [0.3, 0.4) is 0 Å². The van der Waals surface area contributed by atoms with Crippen molar-refractivity contribution < 1.29 is 4.79 Å². The lowest BCUT2D eigenvalue weighted by Crippen LogP contribution is -2.46. The molecule has 3 heteroatoms. The molecule has 0 aromatic heterocycles. The third-order valence-electron chi connectivity index (χ3n) is 4.05. The highest BCUT2D eigenvalue weighted by molar-refractivity contribution is 5.81.